The third-order valence-corrected chi connectivity index (χ3v) is 6.51. The van der Waals surface area contributed by atoms with Crippen molar-refractivity contribution in [2.75, 3.05) is 5.32 Å². The summed E-state index contributed by atoms with van der Waals surface area (Å²) < 4.78 is 2.18. The molecule has 0 fully saturated rings. The average Bonchev–Trinajstić information content (AvgIpc) is 3.22. The highest BCUT2D eigenvalue weighted by atomic mass is 35.5. The maximum Gasteiger partial charge on any atom is 0.322 e. The number of para-hydroxylation sites is 1. The second kappa shape index (κ2) is 8.21. The van der Waals surface area contributed by atoms with E-state index in [0.717, 1.165) is 39.3 Å². The fourth-order valence-corrected chi connectivity index (χ4v) is 4.53. The Morgan fingerprint density at radius 2 is 1.72 bits per heavy atom. The lowest BCUT2D eigenvalue weighted by Gasteiger charge is -2.31. The lowest BCUT2D eigenvalue weighted by molar-refractivity contribution is 0.194. The van der Waals surface area contributed by atoms with Gasteiger partial charge in [-0.05, 0) is 72.5 Å². The molecule has 4 nitrogen and oxygen atoms in total. The molecule has 2 heterocycles. The van der Waals surface area contributed by atoms with Gasteiger partial charge in [-0.15, -0.1) is 0 Å². The Balaban J connectivity index is 1.64. The monoisotopic (exact) mass is 441 g/mol. The molecular weight excluding hydrogens is 418 g/mol. The molecule has 3 aromatic carbocycles. The van der Waals surface area contributed by atoms with Crippen LogP contribution in [0.3, 0.4) is 0 Å². The van der Waals surface area contributed by atoms with E-state index in [9.17, 15) is 4.79 Å². The van der Waals surface area contributed by atoms with Crippen LogP contribution in [0.25, 0.3) is 5.69 Å². The summed E-state index contributed by atoms with van der Waals surface area (Å²) in [5.41, 5.74) is 7.28. The summed E-state index contributed by atoms with van der Waals surface area (Å²) in [4.78, 5) is 15.7. The Bertz CT molecular complexity index is 1290. The quantitative estimate of drug-likeness (QED) is 0.361. The number of halogens is 1. The lowest BCUT2D eigenvalue weighted by atomic mass is 10.0. The molecule has 1 aliphatic heterocycles. The van der Waals surface area contributed by atoms with Crippen molar-refractivity contribution in [2.24, 2.45) is 0 Å². The van der Waals surface area contributed by atoms with Crippen molar-refractivity contribution in [2.45, 2.75) is 26.4 Å². The van der Waals surface area contributed by atoms with E-state index in [1.807, 2.05) is 66.4 Å². The van der Waals surface area contributed by atoms with Crippen LogP contribution in [-0.2, 0) is 6.54 Å². The van der Waals surface area contributed by atoms with Gasteiger partial charge in [0.1, 0.15) is 0 Å². The molecule has 0 radical (unpaired) electrons. The van der Waals surface area contributed by atoms with Crippen molar-refractivity contribution in [1.29, 1.82) is 0 Å². The number of rotatable bonds is 2. The predicted octanol–water partition coefficient (Wildman–Crippen LogP) is 6.88. The van der Waals surface area contributed by atoms with Gasteiger partial charge in [-0.2, -0.15) is 0 Å². The second-order valence-electron chi connectivity index (χ2n) is 8.19. The van der Waals surface area contributed by atoms with E-state index in [1.54, 1.807) is 0 Å². The van der Waals surface area contributed by atoms with E-state index in [-0.39, 0.29) is 12.1 Å². The first-order valence-corrected chi connectivity index (χ1v) is 11.1. The number of carbonyl (C=O) groups excluding carboxylic acids is 1. The molecule has 0 aliphatic carbocycles. The molecule has 2 amide bonds. The van der Waals surface area contributed by atoms with Gasteiger partial charge in [-0.3, -0.25) is 0 Å². The summed E-state index contributed by atoms with van der Waals surface area (Å²) in [6.45, 7) is 4.57. The SMILES string of the molecule is Cc1cccc(NC(=O)N2Cc3ccccc3-n3cccc3[C@@H]2c2ccc(Cl)cc2)c1C. The Kier molecular flexibility index (Phi) is 5.24. The third kappa shape index (κ3) is 3.57. The number of fused-ring (bicyclic) bond motifs is 3. The molecule has 1 aliphatic rings. The van der Waals surface area contributed by atoms with Gasteiger partial charge >= 0.3 is 6.03 Å². The maximum atomic E-state index is 13.8. The zero-order chi connectivity index (χ0) is 22.2. The molecule has 4 aromatic rings. The van der Waals surface area contributed by atoms with Crippen LogP contribution in [0.2, 0.25) is 5.02 Å². The van der Waals surface area contributed by atoms with Crippen LogP contribution < -0.4 is 5.32 Å². The number of benzene rings is 3. The van der Waals surface area contributed by atoms with Crippen LogP contribution in [-0.4, -0.2) is 15.5 Å². The van der Waals surface area contributed by atoms with Gasteiger partial charge in [0.25, 0.3) is 0 Å². The number of hydrogen-bond acceptors (Lipinski definition) is 1. The van der Waals surface area contributed by atoms with Gasteiger partial charge in [0.15, 0.2) is 0 Å². The minimum absolute atomic E-state index is 0.136. The zero-order valence-corrected chi connectivity index (χ0v) is 18.8. The van der Waals surface area contributed by atoms with Crippen LogP contribution in [0.15, 0.2) is 85.1 Å². The smallest absolute Gasteiger partial charge is 0.318 e. The fraction of sp³-hybridized carbons (Fsp3) is 0.148. The van der Waals surface area contributed by atoms with E-state index in [1.165, 1.54) is 0 Å². The molecule has 0 spiro atoms. The zero-order valence-electron chi connectivity index (χ0n) is 18.0. The number of anilines is 1. The van der Waals surface area contributed by atoms with Crippen LogP contribution in [0.1, 0.15) is 34.0 Å². The molecule has 1 aromatic heterocycles. The normalized spacial score (nSPS) is 15.0. The number of nitrogens with zero attached hydrogens (tertiary/aromatic N) is 2. The second-order valence-corrected chi connectivity index (χ2v) is 8.63. The largest absolute Gasteiger partial charge is 0.322 e. The summed E-state index contributed by atoms with van der Waals surface area (Å²) in [5.74, 6) is 0. The number of aromatic nitrogens is 1. The first-order chi connectivity index (χ1) is 15.5. The highest BCUT2D eigenvalue weighted by molar-refractivity contribution is 6.30. The van der Waals surface area contributed by atoms with Crippen LogP contribution in [0.5, 0.6) is 0 Å². The van der Waals surface area contributed by atoms with Crippen molar-refractivity contribution in [3.05, 3.63) is 118 Å². The molecule has 1 atom stereocenters. The molecule has 160 valence electrons. The summed E-state index contributed by atoms with van der Waals surface area (Å²) in [6.07, 6.45) is 2.06. The van der Waals surface area contributed by atoms with Gasteiger partial charge in [-0.1, -0.05) is 54.1 Å². The van der Waals surface area contributed by atoms with Gasteiger partial charge in [0.2, 0.25) is 0 Å². The number of urea groups is 1. The van der Waals surface area contributed by atoms with Crippen LogP contribution >= 0.6 is 11.6 Å². The van der Waals surface area contributed by atoms with Gasteiger partial charge in [-0.25, -0.2) is 4.79 Å². The molecule has 0 bridgehead atoms. The fourth-order valence-electron chi connectivity index (χ4n) is 4.41. The van der Waals surface area contributed by atoms with Crippen molar-refractivity contribution >= 4 is 23.3 Å². The third-order valence-electron chi connectivity index (χ3n) is 6.26. The van der Waals surface area contributed by atoms with Gasteiger partial charge < -0.3 is 14.8 Å². The summed E-state index contributed by atoms with van der Waals surface area (Å²) in [6, 6.07) is 25.7. The molecular formula is C27H24ClN3O. The first kappa shape index (κ1) is 20.4. The average molecular weight is 442 g/mol. The Morgan fingerprint density at radius 3 is 2.53 bits per heavy atom. The molecule has 0 saturated carbocycles. The highest BCUT2D eigenvalue weighted by Crippen LogP contribution is 2.37. The minimum atomic E-state index is -0.264. The standard InChI is InChI=1S/C27H24ClN3O/c1-18-7-5-9-23(19(18)2)29-27(32)31-17-21-8-3-4-10-24(21)30-16-6-11-25(30)26(31)20-12-14-22(28)15-13-20/h3-16,26H,17H2,1-2H3,(H,29,32)/t26-/m0/s1. The van der Waals surface area contributed by atoms with Crippen LogP contribution in [0, 0.1) is 13.8 Å². The topological polar surface area (TPSA) is 37.3 Å². The van der Waals surface area contributed by atoms with Crippen molar-refractivity contribution in [3.8, 4) is 5.69 Å². The maximum absolute atomic E-state index is 13.8. The van der Waals surface area contributed by atoms with E-state index in [0.29, 0.717) is 11.6 Å². The van der Waals surface area contributed by atoms with Crippen molar-refractivity contribution < 1.29 is 4.79 Å². The molecule has 5 heteroatoms. The van der Waals surface area contributed by atoms with Gasteiger partial charge in [0, 0.05) is 22.6 Å². The Morgan fingerprint density at radius 1 is 0.938 bits per heavy atom. The van der Waals surface area contributed by atoms with Crippen molar-refractivity contribution in [1.82, 2.24) is 9.47 Å². The number of carbonyl (C=O) groups is 1. The summed E-state index contributed by atoms with van der Waals surface area (Å²) in [5, 5.41) is 3.84. The summed E-state index contributed by atoms with van der Waals surface area (Å²) in [7, 11) is 0. The Labute approximate surface area is 193 Å². The molecule has 5 rings (SSSR count). The number of amides is 2. The summed E-state index contributed by atoms with van der Waals surface area (Å²) >= 11 is 6.18. The minimum Gasteiger partial charge on any atom is -0.318 e. The van der Waals surface area contributed by atoms with E-state index in [4.69, 9.17) is 11.6 Å². The van der Waals surface area contributed by atoms with Crippen LogP contribution in [0.4, 0.5) is 10.5 Å². The molecule has 0 saturated heterocycles. The molecule has 0 unspecified atom stereocenters. The van der Waals surface area contributed by atoms with E-state index >= 15 is 0 Å². The molecule has 1 N–H and O–H groups in total. The van der Waals surface area contributed by atoms with E-state index in [2.05, 4.69) is 47.3 Å². The number of aryl methyl sites for hydroxylation is 1. The van der Waals surface area contributed by atoms with E-state index < -0.39 is 0 Å². The number of hydrogen-bond donors (Lipinski definition) is 1. The number of nitrogens with one attached hydrogen (secondary N) is 1. The highest BCUT2D eigenvalue weighted by Gasteiger charge is 2.33. The van der Waals surface area contributed by atoms with Crippen molar-refractivity contribution in [3.63, 3.8) is 0 Å². The lowest BCUT2D eigenvalue weighted by Crippen LogP contribution is -2.38. The Hall–Kier alpha value is -3.50. The first-order valence-electron chi connectivity index (χ1n) is 10.7. The predicted molar refractivity (Wildman–Crippen MR) is 130 cm³/mol. The molecule has 32 heavy (non-hydrogen) atoms. The van der Waals surface area contributed by atoms with Gasteiger partial charge in [0.05, 0.1) is 18.3 Å².